The Morgan fingerprint density at radius 2 is 1.86 bits per heavy atom. The fourth-order valence-corrected chi connectivity index (χ4v) is 1.75. The first kappa shape index (κ1) is 15.0. The number of anilines is 3. The summed E-state index contributed by atoms with van der Waals surface area (Å²) in [4.78, 5) is 0. The molecule has 0 unspecified atom stereocenters. The molecular weight excluding hydrogens is 281 g/mol. The molecule has 2 aromatic rings. The standard InChI is InChI=1S/C15H15F3N2O/c1-2-6-21-14-8-13(11(19)7-10(14)17)20-12-5-3-4-9(16)15(12)18/h3-5,7-8,20H,2,6,19H2,1H3. The zero-order valence-corrected chi connectivity index (χ0v) is 11.4. The maximum absolute atomic E-state index is 13.7. The molecule has 3 N–H and O–H groups in total. The van der Waals surface area contributed by atoms with E-state index in [0.29, 0.717) is 13.0 Å². The molecule has 0 aliphatic rings. The van der Waals surface area contributed by atoms with E-state index in [2.05, 4.69) is 5.32 Å². The van der Waals surface area contributed by atoms with Gasteiger partial charge in [-0.3, -0.25) is 0 Å². The van der Waals surface area contributed by atoms with Gasteiger partial charge in [0, 0.05) is 12.1 Å². The molecule has 0 aliphatic carbocycles. The van der Waals surface area contributed by atoms with Gasteiger partial charge in [0.05, 0.1) is 23.7 Å². The highest BCUT2D eigenvalue weighted by Crippen LogP contribution is 2.31. The van der Waals surface area contributed by atoms with E-state index in [1.807, 2.05) is 6.92 Å². The van der Waals surface area contributed by atoms with Crippen molar-refractivity contribution in [2.45, 2.75) is 13.3 Å². The van der Waals surface area contributed by atoms with Crippen molar-refractivity contribution in [3.63, 3.8) is 0 Å². The Balaban J connectivity index is 2.33. The summed E-state index contributed by atoms with van der Waals surface area (Å²) in [6, 6.07) is 6.11. The van der Waals surface area contributed by atoms with E-state index in [1.165, 1.54) is 18.2 Å². The molecule has 21 heavy (non-hydrogen) atoms. The van der Waals surface area contributed by atoms with Gasteiger partial charge in [0.15, 0.2) is 23.2 Å². The molecule has 6 heteroatoms. The minimum Gasteiger partial charge on any atom is -0.490 e. The van der Waals surface area contributed by atoms with Crippen LogP contribution in [0.2, 0.25) is 0 Å². The molecule has 2 aromatic carbocycles. The van der Waals surface area contributed by atoms with Gasteiger partial charge < -0.3 is 15.8 Å². The van der Waals surface area contributed by atoms with E-state index >= 15 is 0 Å². The Bertz CT molecular complexity index is 647. The predicted octanol–water partition coefficient (Wildman–Crippen LogP) is 4.22. The van der Waals surface area contributed by atoms with Crippen LogP contribution in [0.3, 0.4) is 0 Å². The van der Waals surface area contributed by atoms with Gasteiger partial charge in [-0.15, -0.1) is 0 Å². The summed E-state index contributed by atoms with van der Waals surface area (Å²) < 4.78 is 45.7. The molecule has 3 nitrogen and oxygen atoms in total. The molecule has 0 spiro atoms. The smallest absolute Gasteiger partial charge is 0.182 e. The van der Waals surface area contributed by atoms with Crippen LogP contribution in [0.4, 0.5) is 30.2 Å². The summed E-state index contributed by atoms with van der Waals surface area (Å²) in [6.07, 6.45) is 0.713. The first-order valence-electron chi connectivity index (χ1n) is 6.45. The van der Waals surface area contributed by atoms with Gasteiger partial charge >= 0.3 is 0 Å². The van der Waals surface area contributed by atoms with Gasteiger partial charge in [-0.2, -0.15) is 0 Å². The maximum Gasteiger partial charge on any atom is 0.182 e. The largest absolute Gasteiger partial charge is 0.490 e. The molecule has 0 bridgehead atoms. The van der Waals surface area contributed by atoms with Crippen LogP contribution < -0.4 is 15.8 Å². The topological polar surface area (TPSA) is 47.3 Å². The summed E-state index contributed by atoms with van der Waals surface area (Å²) in [5.74, 6) is -2.61. The molecule has 0 atom stereocenters. The second kappa shape index (κ2) is 6.39. The summed E-state index contributed by atoms with van der Waals surface area (Å²) >= 11 is 0. The SMILES string of the molecule is CCCOc1cc(Nc2cccc(F)c2F)c(N)cc1F. The summed E-state index contributed by atoms with van der Waals surface area (Å²) in [7, 11) is 0. The van der Waals surface area contributed by atoms with E-state index < -0.39 is 17.5 Å². The Morgan fingerprint density at radius 1 is 1.10 bits per heavy atom. The minimum atomic E-state index is -1.03. The van der Waals surface area contributed by atoms with Gasteiger partial charge in [-0.05, 0) is 18.6 Å². The van der Waals surface area contributed by atoms with Crippen molar-refractivity contribution in [1.29, 1.82) is 0 Å². The summed E-state index contributed by atoms with van der Waals surface area (Å²) in [6.45, 7) is 2.23. The Morgan fingerprint density at radius 3 is 2.57 bits per heavy atom. The number of halogens is 3. The molecule has 0 heterocycles. The van der Waals surface area contributed by atoms with Gasteiger partial charge in [-0.1, -0.05) is 13.0 Å². The van der Waals surface area contributed by atoms with Gasteiger partial charge in [-0.25, -0.2) is 13.2 Å². The molecule has 0 fully saturated rings. The molecule has 112 valence electrons. The highest BCUT2D eigenvalue weighted by atomic mass is 19.2. The van der Waals surface area contributed by atoms with Crippen molar-refractivity contribution in [1.82, 2.24) is 0 Å². The number of benzene rings is 2. The normalized spacial score (nSPS) is 10.5. The number of ether oxygens (including phenoxy) is 1. The zero-order chi connectivity index (χ0) is 15.4. The highest BCUT2D eigenvalue weighted by Gasteiger charge is 2.12. The van der Waals surface area contributed by atoms with Crippen molar-refractivity contribution in [3.05, 3.63) is 47.8 Å². The lowest BCUT2D eigenvalue weighted by molar-refractivity contribution is 0.301. The van der Waals surface area contributed by atoms with Crippen LogP contribution in [0, 0.1) is 17.5 Å². The van der Waals surface area contributed by atoms with Crippen LogP contribution in [0.1, 0.15) is 13.3 Å². The monoisotopic (exact) mass is 296 g/mol. The number of nitrogens with two attached hydrogens (primary N) is 1. The van der Waals surface area contributed by atoms with E-state index in [0.717, 1.165) is 12.1 Å². The number of nitrogens with one attached hydrogen (secondary N) is 1. The van der Waals surface area contributed by atoms with Crippen LogP contribution in [0.25, 0.3) is 0 Å². The molecule has 0 saturated carbocycles. The van der Waals surface area contributed by atoms with Gasteiger partial charge in [0.25, 0.3) is 0 Å². The van der Waals surface area contributed by atoms with E-state index in [4.69, 9.17) is 10.5 Å². The van der Waals surface area contributed by atoms with E-state index in [9.17, 15) is 13.2 Å². The third-order valence-corrected chi connectivity index (χ3v) is 2.79. The van der Waals surface area contributed by atoms with E-state index in [1.54, 1.807) is 0 Å². The fraction of sp³-hybridized carbons (Fsp3) is 0.200. The third-order valence-electron chi connectivity index (χ3n) is 2.79. The molecular formula is C15H15F3N2O. The Labute approximate surface area is 120 Å². The highest BCUT2D eigenvalue weighted by molar-refractivity contribution is 5.74. The van der Waals surface area contributed by atoms with Crippen molar-refractivity contribution >= 4 is 17.1 Å². The van der Waals surface area contributed by atoms with Crippen LogP contribution in [-0.2, 0) is 0 Å². The van der Waals surface area contributed by atoms with Crippen LogP contribution in [0.15, 0.2) is 30.3 Å². The number of rotatable bonds is 5. The number of hydrogen-bond acceptors (Lipinski definition) is 3. The van der Waals surface area contributed by atoms with Crippen molar-refractivity contribution in [3.8, 4) is 5.75 Å². The van der Waals surface area contributed by atoms with Crippen molar-refractivity contribution < 1.29 is 17.9 Å². The summed E-state index contributed by atoms with van der Waals surface area (Å²) in [5.41, 5.74) is 5.90. The van der Waals surface area contributed by atoms with Crippen molar-refractivity contribution in [2.75, 3.05) is 17.7 Å². The first-order valence-corrected chi connectivity index (χ1v) is 6.45. The van der Waals surface area contributed by atoms with Gasteiger partial charge in [0.1, 0.15) is 0 Å². The number of nitrogen functional groups attached to an aromatic ring is 1. The molecule has 2 rings (SSSR count). The molecule has 0 radical (unpaired) electrons. The van der Waals surface area contributed by atoms with Crippen LogP contribution in [0.5, 0.6) is 5.75 Å². The predicted molar refractivity (Wildman–Crippen MR) is 76.2 cm³/mol. The lowest BCUT2D eigenvalue weighted by atomic mass is 10.2. The van der Waals surface area contributed by atoms with Gasteiger partial charge in [0.2, 0.25) is 0 Å². The molecule has 0 aromatic heterocycles. The van der Waals surface area contributed by atoms with E-state index in [-0.39, 0.29) is 22.8 Å². The first-order chi connectivity index (χ1) is 10.0. The quantitative estimate of drug-likeness (QED) is 0.812. The average molecular weight is 296 g/mol. The maximum atomic E-state index is 13.7. The minimum absolute atomic E-state index is 0.00496. The second-order valence-electron chi connectivity index (χ2n) is 4.44. The zero-order valence-electron chi connectivity index (χ0n) is 11.4. The lowest BCUT2D eigenvalue weighted by Gasteiger charge is -2.13. The Hall–Kier alpha value is -2.37. The lowest BCUT2D eigenvalue weighted by Crippen LogP contribution is -2.03. The Kier molecular flexibility index (Phi) is 4.57. The van der Waals surface area contributed by atoms with Crippen LogP contribution >= 0.6 is 0 Å². The summed E-state index contributed by atoms with van der Waals surface area (Å²) in [5, 5.41) is 2.64. The number of hydrogen-bond donors (Lipinski definition) is 2. The average Bonchev–Trinajstić information content (AvgIpc) is 2.45. The molecule has 0 aliphatic heterocycles. The fourth-order valence-electron chi connectivity index (χ4n) is 1.75. The molecule has 0 amide bonds. The third kappa shape index (κ3) is 3.39. The van der Waals surface area contributed by atoms with Crippen LogP contribution in [-0.4, -0.2) is 6.61 Å². The second-order valence-corrected chi connectivity index (χ2v) is 4.44. The molecule has 0 saturated heterocycles. The van der Waals surface area contributed by atoms with Crippen molar-refractivity contribution in [2.24, 2.45) is 0 Å².